The van der Waals surface area contributed by atoms with Gasteiger partial charge in [0.15, 0.2) is 6.04 Å². The number of carboxylic acids is 1. The number of amides is 1. The van der Waals surface area contributed by atoms with Crippen LogP contribution in [0.2, 0.25) is 0 Å². The van der Waals surface area contributed by atoms with Crippen molar-refractivity contribution in [2.45, 2.75) is 31.1 Å². The number of rotatable bonds is 4. The average molecular weight is 288 g/mol. The number of hydrogen-bond acceptors (Lipinski definition) is 3. The zero-order valence-corrected chi connectivity index (χ0v) is 10.2. The molecule has 8 heteroatoms. The minimum absolute atomic E-state index is 0.0458. The molecular formula is C12H11F3N2O3. The lowest BCUT2D eigenvalue weighted by molar-refractivity contribution is -0.190. The molecule has 108 valence electrons. The predicted molar refractivity (Wildman–Crippen MR) is 60.5 cm³/mol. The van der Waals surface area contributed by atoms with Gasteiger partial charge in [-0.3, -0.25) is 9.78 Å². The monoisotopic (exact) mass is 288 g/mol. The molecule has 1 atom stereocenters. The molecule has 0 saturated heterocycles. The van der Waals surface area contributed by atoms with Gasteiger partial charge < -0.3 is 10.0 Å². The summed E-state index contributed by atoms with van der Waals surface area (Å²) in [5, 5.41) is 9.20. The molecular weight excluding hydrogens is 277 g/mol. The summed E-state index contributed by atoms with van der Waals surface area (Å²) >= 11 is 0. The Labute approximate surface area is 112 Å². The zero-order chi connectivity index (χ0) is 14.9. The van der Waals surface area contributed by atoms with Crippen molar-refractivity contribution < 1.29 is 27.9 Å². The lowest BCUT2D eigenvalue weighted by atomic mass is 10.1. The number of halogens is 3. The van der Waals surface area contributed by atoms with Crippen LogP contribution in [-0.2, 0) is 9.59 Å². The van der Waals surface area contributed by atoms with E-state index in [1.165, 1.54) is 18.3 Å². The van der Waals surface area contributed by atoms with Gasteiger partial charge in [0.25, 0.3) is 0 Å². The SMILES string of the molecule is O=C(O)C(c1cccnc1)N(C(=O)C(F)(F)F)C1CC1. The van der Waals surface area contributed by atoms with Gasteiger partial charge >= 0.3 is 18.1 Å². The first kappa shape index (κ1) is 14.3. The van der Waals surface area contributed by atoms with E-state index >= 15 is 0 Å². The van der Waals surface area contributed by atoms with Crippen LogP contribution in [0.3, 0.4) is 0 Å². The third-order valence-electron chi connectivity index (χ3n) is 2.93. The van der Waals surface area contributed by atoms with Gasteiger partial charge in [0.05, 0.1) is 0 Å². The normalized spacial score (nSPS) is 16.6. The Kier molecular flexibility index (Phi) is 3.65. The molecule has 0 aliphatic heterocycles. The smallest absolute Gasteiger partial charge is 0.471 e. The fraction of sp³-hybridized carbons (Fsp3) is 0.417. The highest BCUT2D eigenvalue weighted by molar-refractivity contribution is 5.88. The van der Waals surface area contributed by atoms with Crippen molar-refractivity contribution in [3.05, 3.63) is 30.1 Å². The Morgan fingerprint density at radius 1 is 1.40 bits per heavy atom. The minimum atomic E-state index is -5.10. The number of alkyl halides is 3. The molecule has 1 unspecified atom stereocenters. The first-order valence-electron chi connectivity index (χ1n) is 5.84. The number of hydrogen-bond donors (Lipinski definition) is 1. The Morgan fingerprint density at radius 3 is 2.45 bits per heavy atom. The number of pyridine rings is 1. The largest absolute Gasteiger partial charge is 0.479 e. The van der Waals surface area contributed by atoms with Crippen LogP contribution in [0.1, 0.15) is 24.4 Å². The summed E-state index contributed by atoms with van der Waals surface area (Å²) in [4.78, 5) is 26.9. The van der Waals surface area contributed by atoms with Crippen LogP contribution in [0.5, 0.6) is 0 Å². The molecule has 0 spiro atoms. The third kappa shape index (κ3) is 2.89. The Hall–Kier alpha value is -2.12. The molecule has 1 heterocycles. The molecule has 1 saturated carbocycles. The second-order valence-electron chi connectivity index (χ2n) is 4.47. The molecule has 1 aliphatic carbocycles. The van der Waals surface area contributed by atoms with Crippen molar-refractivity contribution in [2.75, 3.05) is 0 Å². The molecule has 5 nitrogen and oxygen atoms in total. The van der Waals surface area contributed by atoms with Crippen molar-refractivity contribution in [2.24, 2.45) is 0 Å². The van der Waals surface area contributed by atoms with Gasteiger partial charge in [0.1, 0.15) is 0 Å². The van der Waals surface area contributed by atoms with Crippen LogP contribution >= 0.6 is 0 Å². The summed E-state index contributed by atoms with van der Waals surface area (Å²) in [6.45, 7) is 0. The van der Waals surface area contributed by atoms with Gasteiger partial charge in [-0.1, -0.05) is 6.07 Å². The summed E-state index contributed by atoms with van der Waals surface area (Å²) in [6, 6.07) is 0.384. The highest BCUT2D eigenvalue weighted by Gasteiger charge is 2.51. The van der Waals surface area contributed by atoms with Crippen molar-refractivity contribution in [1.82, 2.24) is 9.88 Å². The van der Waals surface area contributed by atoms with Crippen molar-refractivity contribution in [1.29, 1.82) is 0 Å². The van der Waals surface area contributed by atoms with Crippen LogP contribution in [0.25, 0.3) is 0 Å². The molecule has 20 heavy (non-hydrogen) atoms. The summed E-state index contributed by atoms with van der Waals surface area (Å²) in [5.41, 5.74) is 0.0458. The van der Waals surface area contributed by atoms with E-state index < -0.39 is 30.1 Å². The van der Waals surface area contributed by atoms with E-state index in [0.717, 1.165) is 6.20 Å². The number of carbonyl (C=O) groups excluding carboxylic acids is 1. The maximum atomic E-state index is 12.6. The quantitative estimate of drug-likeness (QED) is 0.916. The van der Waals surface area contributed by atoms with E-state index in [1.807, 2.05) is 0 Å². The molecule has 1 fully saturated rings. The fourth-order valence-electron chi connectivity index (χ4n) is 1.95. The zero-order valence-electron chi connectivity index (χ0n) is 10.2. The summed E-state index contributed by atoms with van der Waals surface area (Å²) < 4.78 is 37.9. The van der Waals surface area contributed by atoms with E-state index in [-0.39, 0.29) is 5.56 Å². The molecule has 0 bridgehead atoms. The van der Waals surface area contributed by atoms with Crippen LogP contribution < -0.4 is 0 Å². The molecule has 0 radical (unpaired) electrons. The number of nitrogens with zero attached hydrogens (tertiary/aromatic N) is 2. The van der Waals surface area contributed by atoms with E-state index in [9.17, 15) is 27.9 Å². The van der Waals surface area contributed by atoms with E-state index in [0.29, 0.717) is 17.7 Å². The molecule has 1 amide bonds. The number of carbonyl (C=O) groups is 2. The van der Waals surface area contributed by atoms with Crippen molar-refractivity contribution in [3.8, 4) is 0 Å². The van der Waals surface area contributed by atoms with E-state index in [1.54, 1.807) is 0 Å². The summed E-state index contributed by atoms with van der Waals surface area (Å²) in [6.07, 6.45) is -1.84. The van der Waals surface area contributed by atoms with Gasteiger partial charge in [-0.15, -0.1) is 0 Å². The van der Waals surface area contributed by atoms with Gasteiger partial charge in [-0.25, -0.2) is 4.79 Å². The number of aromatic nitrogens is 1. The molecule has 1 aromatic rings. The lowest BCUT2D eigenvalue weighted by Gasteiger charge is -2.29. The predicted octanol–water partition coefficient (Wildman–Crippen LogP) is 1.76. The second-order valence-corrected chi connectivity index (χ2v) is 4.47. The first-order valence-corrected chi connectivity index (χ1v) is 5.84. The Balaban J connectivity index is 2.39. The fourth-order valence-corrected chi connectivity index (χ4v) is 1.95. The summed E-state index contributed by atoms with van der Waals surface area (Å²) in [7, 11) is 0. The molecule has 0 aromatic carbocycles. The number of aliphatic carboxylic acids is 1. The van der Waals surface area contributed by atoms with E-state index in [4.69, 9.17) is 0 Å². The minimum Gasteiger partial charge on any atom is -0.479 e. The van der Waals surface area contributed by atoms with Gasteiger partial charge in [0.2, 0.25) is 0 Å². The van der Waals surface area contributed by atoms with Crippen LogP contribution in [0, 0.1) is 0 Å². The molecule has 2 rings (SSSR count). The van der Waals surface area contributed by atoms with Crippen molar-refractivity contribution >= 4 is 11.9 Å². The maximum Gasteiger partial charge on any atom is 0.471 e. The molecule has 1 aromatic heterocycles. The second kappa shape index (κ2) is 5.10. The van der Waals surface area contributed by atoms with Crippen LogP contribution in [0.4, 0.5) is 13.2 Å². The summed E-state index contributed by atoms with van der Waals surface area (Å²) in [5.74, 6) is -3.64. The standard InChI is InChI=1S/C12H11F3N2O3/c13-12(14,15)11(20)17(8-3-4-8)9(10(18)19)7-2-1-5-16-6-7/h1-2,5-6,8-9H,3-4H2,(H,18,19). The van der Waals surface area contributed by atoms with Gasteiger partial charge in [-0.2, -0.15) is 13.2 Å². The lowest BCUT2D eigenvalue weighted by Crippen LogP contribution is -2.47. The number of carboxylic acid groups (broad SMARTS) is 1. The van der Waals surface area contributed by atoms with Crippen molar-refractivity contribution in [3.63, 3.8) is 0 Å². The topological polar surface area (TPSA) is 70.5 Å². The van der Waals surface area contributed by atoms with Crippen LogP contribution in [0.15, 0.2) is 24.5 Å². The highest BCUT2D eigenvalue weighted by atomic mass is 19.4. The Morgan fingerprint density at radius 2 is 2.05 bits per heavy atom. The molecule has 1 aliphatic rings. The highest BCUT2D eigenvalue weighted by Crippen LogP contribution is 2.37. The molecule has 1 N–H and O–H groups in total. The van der Waals surface area contributed by atoms with Crippen LogP contribution in [-0.4, -0.2) is 39.1 Å². The van der Waals surface area contributed by atoms with Gasteiger partial charge in [-0.05, 0) is 18.9 Å². The first-order chi connectivity index (χ1) is 9.32. The van der Waals surface area contributed by atoms with Gasteiger partial charge in [0, 0.05) is 24.0 Å². The third-order valence-corrected chi connectivity index (χ3v) is 2.93. The Bertz CT molecular complexity index is 514. The maximum absolute atomic E-state index is 12.6. The average Bonchev–Trinajstić information content (AvgIpc) is 3.18. The van der Waals surface area contributed by atoms with E-state index in [2.05, 4.69) is 4.98 Å².